The van der Waals surface area contributed by atoms with Crippen molar-refractivity contribution in [3.05, 3.63) is 29.0 Å². The predicted octanol–water partition coefficient (Wildman–Crippen LogP) is 3.00. The second kappa shape index (κ2) is 8.37. The van der Waals surface area contributed by atoms with Crippen molar-refractivity contribution in [2.75, 3.05) is 18.6 Å². The van der Waals surface area contributed by atoms with Crippen molar-refractivity contribution in [3.63, 3.8) is 0 Å². The summed E-state index contributed by atoms with van der Waals surface area (Å²) in [6.07, 6.45) is 7.02. The molecule has 1 heterocycles. The molecule has 1 aromatic heterocycles. The number of carbonyl (C=O) groups is 1. The van der Waals surface area contributed by atoms with Crippen LogP contribution in [0.3, 0.4) is 0 Å². The van der Waals surface area contributed by atoms with Crippen molar-refractivity contribution in [2.45, 2.75) is 19.3 Å². The summed E-state index contributed by atoms with van der Waals surface area (Å²) in [6, 6.07) is 3.39. The highest BCUT2D eigenvalue weighted by Crippen LogP contribution is 2.11. The molecule has 0 spiro atoms. The van der Waals surface area contributed by atoms with Gasteiger partial charge in [-0.05, 0) is 37.0 Å². The summed E-state index contributed by atoms with van der Waals surface area (Å²) in [5.41, 5.74) is 0.443. The molecule has 0 aliphatic heterocycles. The molecule has 17 heavy (non-hydrogen) atoms. The number of nitrogens with one attached hydrogen (secondary N) is 1. The molecule has 1 amide bonds. The van der Waals surface area contributed by atoms with E-state index in [1.165, 1.54) is 12.2 Å². The maximum Gasteiger partial charge on any atom is 0.254 e. The lowest BCUT2D eigenvalue weighted by molar-refractivity contribution is 0.0953. The average Bonchev–Trinajstić information content (AvgIpc) is 2.34. The summed E-state index contributed by atoms with van der Waals surface area (Å²) in [4.78, 5) is 15.6. The lowest BCUT2D eigenvalue weighted by Gasteiger charge is -2.05. The molecular weight excluding hydrogens is 256 g/mol. The molecule has 1 N–H and O–H groups in total. The highest BCUT2D eigenvalue weighted by Gasteiger charge is 2.09. The Labute approximate surface area is 111 Å². The Morgan fingerprint density at radius 2 is 2.29 bits per heavy atom. The first-order chi connectivity index (χ1) is 8.25. The summed E-state index contributed by atoms with van der Waals surface area (Å²) in [5, 5.41) is 3.10. The SMILES string of the molecule is CSCCCCCNC(=O)c1cccnc1Cl. The molecule has 0 aliphatic rings. The molecule has 0 unspecified atom stereocenters. The van der Waals surface area contributed by atoms with Crippen LogP contribution in [0.15, 0.2) is 18.3 Å². The number of unbranched alkanes of at least 4 members (excludes halogenated alkanes) is 2. The van der Waals surface area contributed by atoms with E-state index in [4.69, 9.17) is 11.6 Å². The van der Waals surface area contributed by atoms with Crippen LogP contribution < -0.4 is 5.32 Å². The number of hydrogen-bond acceptors (Lipinski definition) is 3. The summed E-state index contributed by atoms with van der Waals surface area (Å²) in [6.45, 7) is 0.693. The lowest BCUT2D eigenvalue weighted by Crippen LogP contribution is -2.24. The van der Waals surface area contributed by atoms with Gasteiger partial charge in [0.1, 0.15) is 5.15 Å². The number of nitrogens with zero attached hydrogens (tertiary/aromatic N) is 1. The Hall–Kier alpha value is -0.740. The molecule has 0 aliphatic carbocycles. The minimum atomic E-state index is -0.145. The third-order valence-corrected chi connectivity index (χ3v) is 3.31. The third kappa shape index (κ3) is 5.41. The number of hydrogen-bond donors (Lipinski definition) is 1. The van der Waals surface area contributed by atoms with E-state index in [0.717, 1.165) is 12.8 Å². The van der Waals surface area contributed by atoms with E-state index in [1.54, 1.807) is 18.3 Å². The number of pyridine rings is 1. The zero-order valence-electron chi connectivity index (χ0n) is 9.91. The topological polar surface area (TPSA) is 42.0 Å². The van der Waals surface area contributed by atoms with Crippen molar-refractivity contribution in [3.8, 4) is 0 Å². The summed E-state index contributed by atoms with van der Waals surface area (Å²) in [5.74, 6) is 1.04. The van der Waals surface area contributed by atoms with E-state index < -0.39 is 0 Å². The van der Waals surface area contributed by atoms with Crippen LogP contribution in [0.2, 0.25) is 5.15 Å². The normalized spacial score (nSPS) is 10.2. The van der Waals surface area contributed by atoms with Crippen LogP contribution in [0.5, 0.6) is 0 Å². The molecule has 0 saturated carbocycles. The van der Waals surface area contributed by atoms with Crippen molar-refractivity contribution >= 4 is 29.3 Å². The Bertz CT molecular complexity index is 360. The lowest BCUT2D eigenvalue weighted by atomic mass is 10.2. The zero-order valence-corrected chi connectivity index (χ0v) is 11.5. The van der Waals surface area contributed by atoms with Gasteiger partial charge in [0.05, 0.1) is 5.56 Å². The van der Waals surface area contributed by atoms with Gasteiger partial charge in [-0.3, -0.25) is 4.79 Å². The Kier molecular flexibility index (Phi) is 7.05. The van der Waals surface area contributed by atoms with E-state index in [0.29, 0.717) is 12.1 Å². The van der Waals surface area contributed by atoms with Crippen LogP contribution in [-0.4, -0.2) is 29.4 Å². The molecule has 1 rings (SSSR count). The van der Waals surface area contributed by atoms with Gasteiger partial charge in [0, 0.05) is 12.7 Å². The molecule has 0 fully saturated rings. The number of carbonyl (C=O) groups excluding carboxylic acids is 1. The van der Waals surface area contributed by atoms with E-state index in [2.05, 4.69) is 16.6 Å². The van der Waals surface area contributed by atoms with Gasteiger partial charge in [0.15, 0.2) is 0 Å². The Balaban J connectivity index is 2.24. The van der Waals surface area contributed by atoms with E-state index in [-0.39, 0.29) is 11.1 Å². The predicted molar refractivity (Wildman–Crippen MR) is 73.8 cm³/mol. The van der Waals surface area contributed by atoms with Gasteiger partial charge in [0.2, 0.25) is 0 Å². The standard InChI is InChI=1S/C12H17ClN2OS/c1-17-9-4-2-3-7-15-12(16)10-6-5-8-14-11(10)13/h5-6,8H,2-4,7,9H2,1H3,(H,15,16). The summed E-state index contributed by atoms with van der Waals surface area (Å²) < 4.78 is 0. The van der Waals surface area contributed by atoms with Gasteiger partial charge in [-0.1, -0.05) is 18.0 Å². The van der Waals surface area contributed by atoms with Crippen molar-refractivity contribution < 1.29 is 4.79 Å². The first kappa shape index (κ1) is 14.3. The van der Waals surface area contributed by atoms with Gasteiger partial charge in [-0.15, -0.1) is 0 Å². The van der Waals surface area contributed by atoms with Gasteiger partial charge in [-0.2, -0.15) is 11.8 Å². The van der Waals surface area contributed by atoms with Crippen LogP contribution >= 0.6 is 23.4 Å². The van der Waals surface area contributed by atoms with E-state index in [9.17, 15) is 4.79 Å². The second-order valence-corrected chi connectivity index (χ2v) is 4.99. The molecule has 5 heteroatoms. The quantitative estimate of drug-likeness (QED) is 0.613. The largest absolute Gasteiger partial charge is 0.352 e. The van der Waals surface area contributed by atoms with Gasteiger partial charge in [0.25, 0.3) is 5.91 Å². The van der Waals surface area contributed by atoms with E-state index in [1.807, 2.05) is 11.8 Å². The molecule has 0 saturated heterocycles. The number of aromatic nitrogens is 1. The highest BCUT2D eigenvalue weighted by molar-refractivity contribution is 7.98. The number of halogens is 1. The second-order valence-electron chi connectivity index (χ2n) is 3.65. The van der Waals surface area contributed by atoms with E-state index >= 15 is 0 Å². The van der Waals surface area contributed by atoms with Crippen LogP contribution in [0.1, 0.15) is 29.6 Å². The van der Waals surface area contributed by atoms with Crippen LogP contribution in [-0.2, 0) is 0 Å². The first-order valence-corrected chi connectivity index (χ1v) is 7.40. The molecular formula is C12H17ClN2OS. The van der Waals surface area contributed by atoms with Gasteiger partial charge < -0.3 is 5.32 Å². The molecule has 0 radical (unpaired) electrons. The summed E-state index contributed by atoms with van der Waals surface area (Å²) in [7, 11) is 0. The Morgan fingerprint density at radius 1 is 1.47 bits per heavy atom. The Morgan fingerprint density at radius 3 is 3.00 bits per heavy atom. The van der Waals surface area contributed by atoms with Gasteiger partial charge >= 0.3 is 0 Å². The minimum Gasteiger partial charge on any atom is -0.352 e. The monoisotopic (exact) mass is 272 g/mol. The van der Waals surface area contributed by atoms with Crippen molar-refractivity contribution in [1.29, 1.82) is 0 Å². The fourth-order valence-corrected chi connectivity index (χ4v) is 2.10. The highest BCUT2D eigenvalue weighted by atomic mass is 35.5. The average molecular weight is 273 g/mol. The number of thioether (sulfide) groups is 1. The maximum atomic E-state index is 11.7. The molecule has 94 valence electrons. The van der Waals surface area contributed by atoms with Gasteiger partial charge in [-0.25, -0.2) is 4.98 Å². The molecule has 1 aromatic rings. The van der Waals surface area contributed by atoms with Crippen LogP contribution in [0, 0.1) is 0 Å². The third-order valence-electron chi connectivity index (χ3n) is 2.31. The van der Waals surface area contributed by atoms with Crippen LogP contribution in [0.4, 0.5) is 0 Å². The molecule has 0 atom stereocenters. The molecule has 0 aromatic carbocycles. The number of amides is 1. The zero-order chi connectivity index (χ0) is 12.5. The maximum absolute atomic E-state index is 11.7. The van der Waals surface area contributed by atoms with Crippen molar-refractivity contribution in [2.24, 2.45) is 0 Å². The smallest absolute Gasteiger partial charge is 0.254 e. The van der Waals surface area contributed by atoms with Crippen LogP contribution in [0.25, 0.3) is 0 Å². The van der Waals surface area contributed by atoms with Crippen molar-refractivity contribution in [1.82, 2.24) is 10.3 Å². The minimum absolute atomic E-state index is 0.145. The fraction of sp³-hybridized carbons (Fsp3) is 0.500. The summed E-state index contributed by atoms with van der Waals surface area (Å²) >= 11 is 7.68. The fourth-order valence-electron chi connectivity index (χ4n) is 1.40. The first-order valence-electron chi connectivity index (χ1n) is 5.63. The number of rotatable bonds is 7. The molecule has 0 bridgehead atoms. The molecule has 3 nitrogen and oxygen atoms in total.